The van der Waals surface area contributed by atoms with E-state index in [0.717, 1.165) is 28.9 Å². The largest absolute Gasteiger partial charge is 0.326 e. The van der Waals surface area contributed by atoms with Crippen molar-refractivity contribution in [2.75, 3.05) is 19.1 Å². The summed E-state index contributed by atoms with van der Waals surface area (Å²) in [6, 6.07) is 3.59. The van der Waals surface area contributed by atoms with Crippen LogP contribution in [0.4, 0.5) is 0 Å². The molecule has 1 unspecified atom stereocenters. The van der Waals surface area contributed by atoms with E-state index < -0.39 is 10.0 Å². The average molecular weight is 331 g/mol. The normalized spacial score (nSPS) is 13.7. The van der Waals surface area contributed by atoms with Crippen LogP contribution in [0.3, 0.4) is 0 Å². The summed E-state index contributed by atoms with van der Waals surface area (Å²) >= 11 is 1.73. The van der Waals surface area contributed by atoms with Crippen molar-refractivity contribution in [3.63, 3.8) is 0 Å². The van der Waals surface area contributed by atoms with Crippen molar-refractivity contribution in [3.8, 4) is 0 Å². The lowest BCUT2D eigenvalue weighted by atomic mass is 10.1. The van der Waals surface area contributed by atoms with Gasteiger partial charge in [-0.1, -0.05) is 6.07 Å². The van der Waals surface area contributed by atoms with Gasteiger partial charge in [-0.05, 0) is 62.0 Å². The lowest BCUT2D eigenvalue weighted by Crippen LogP contribution is -2.36. The first-order chi connectivity index (χ1) is 9.75. The lowest BCUT2D eigenvalue weighted by molar-refractivity contribution is 0.382. The number of sulfonamides is 1. The van der Waals surface area contributed by atoms with Crippen molar-refractivity contribution in [2.24, 2.45) is 5.73 Å². The van der Waals surface area contributed by atoms with E-state index in [4.69, 9.17) is 5.73 Å². The molecule has 0 bridgehead atoms. The Bertz CT molecular complexity index is 586. The fraction of sp³-hybridized carbons (Fsp3) is 0.600. The minimum absolute atomic E-state index is 0.0236. The number of thioether (sulfide) groups is 1. The maximum Gasteiger partial charge on any atom is 0.243 e. The van der Waals surface area contributed by atoms with Crippen LogP contribution in [0.25, 0.3) is 0 Å². The molecule has 21 heavy (non-hydrogen) atoms. The van der Waals surface area contributed by atoms with Gasteiger partial charge in [-0.25, -0.2) is 8.42 Å². The van der Waals surface area contributed by atoms with Crippen LogP contribution in [0.5, 0.6) is 0 Å². The summed E-state index contributed by atoms with van der Waals surface area (Å²) < 4.78 is 27.1. The van der Waals surface area contributed by atoms with Gasteiger partial charge in [0, 0.05) is 19.6 Å². The molecule has 1 rings (SSSR count). The Kier molecular flexibility index (Phi) is 6.71. The van der Waals surface area contributed by atoms with Gasteiger partial charge in [0.05, 0.1) is 4.90 Å². The van der Waals surface area contributed by atoms with Gasteiger partial charge in [0.1, 0.15) is 0 Å². The highest BCUT2D eigenvalue weighted by Gasteiger charge is 2.27. The van der Waals surface area contributed by atoms with Crippen LogP contribution >= 0.6 is 11.8 Å². The van der Waals surface area contributed by atoms with Crippen LogP contribution in [0, 0.1) is 13.8 Å². The number of nitrogens with zero attached hydrogens (tertiary/aromatic N) is 1. The Morgan fingerprint density at radius 2 is 1.90 bits per heavy atom. The topological polar surface area (TPSA) is 63.4 Å². The first-order valence-corrected chi connectivity index (χ1v) is 9.86. The fourth-order valence-corrected chi connectivity index (χ4v) is 4.46. The summed E-state index contributed by atoms with van der Waals surface area (Å²) in [4.78, 5) is 0.368. The monoisotopic (exact) mass is 330 g/mol. The minimum atomic E-state index is -3.48. The summed E-state index contributed by atoms with van der Waals surface area (Å²) in [6.45, 7) is 6.08. The molecule has 0 radical (unpaired) electrons. The number of hydrogen-bond donors (Lipinski definition) is 1. The average Bonchev–Trinajstić information content (AvgIpc) is 2.43. The van der Waals surface area contributed by atoms with Gasteiger partial charge < -0.3 is 5.73 Å². The predicted molar refractivity (Wildman–Crippen MR) is 91.2 cm³/mol. The van der Waals surface area contributed by atoms with Crippen molar-refractivity contribution < 1.29 is 8.42 Å². The molecule has 0 amide bonds. The zero-order valence-electron chi connectivity index (χ0n) is 13.5. The fourth-order valence-electron chi connectivity index (χ4n) is 2.23. The van der Waals surface area contributed by atoms with E-state index in [1.54, 1.807) is 24.9 Å². The van der Waals surface area contributed by atoms with Crippen molar-refractivity contribution in [3.05, 3.63) is 28.8 Å². The number of hydrogen-bond acceptors (Lipinski definition) is 4. The van der Waals surface area contributed by atoms with E-state index in [-0.39, 0.29) is 6.04 Å². The van der Waals surface area contributed by atoms with Crippen LogP contribution < -0.4 is 5.73 Å². The van der Waals surface area contributed by atoms with E-state index >= 15 is 0 Å². The molecule has 0 saturated carbocycles. The minimum Gasteiger partial charge on any atom is -0.326 e. The summed E-state index contributed by atoms with van der Waals surface area (Å²) in [5.74, 6) is 0.946. The van der Waals surface area contributed by atoms with Crippen molar-refractivity contribution >= 4 is 21.8 Å². The molecule has 1 aromatic carbocycles. The molecule has 0 aromatic heterocycles. The van der Waals surface area contributed by atoms with Crippen LogP contribution in [-0.2, 0) is 16.6 Å². The van der Waals surface area contributed by atoms with E-state index in [0.29, 0.717) is 11.4 Å². The molecule has 0 saturated heterocycles. The molecule has 0 spiro atoms. The van der Waals surface area contributed by atoms with Crippen molar-refractivity contribution in [2.45, 2.75) is 44.7 Å². The summed E-state index contributed by atoms with van der Waals surface area (Å²) in [6.07, 6.45) is 2.87. The molecule has 1 atom stereocenters. The zero-order chi connectivity index (χ0) is 16.2. The summed E-state index contributed by atoms with van der Waals surface area (Å²) in [7, 11) is -1.83. The van der Waals surface area contributed by atoms with Crippen LogP contribution in [0.1, 0.15) is 30.0 Å². The van der Waals surface area contributed by atoms with Gasteiger partial charge >= 0.3 is 0 Å². The smallest absolute Gasteiger partial charge is 0.243 e. The second kappa shape index (κ2) is 7.63. The third-order valence-electron chi connectivity index (χ3n) is 3.87. The van der Waals surface area contributed by atoms with E-state index in [1.165, 1.54) is 4.31 Å². The van der Waals surface area contributed by atoms with Crippen LogP contribution in [0.2, 0.25) is 0 Å². The first kappa shape index (κ1) is 18.5. The first-order valence-electron chi connectivity index (χ1n) is 7.02. The Balaban J connectivity index is 3.18. The Morgan fingerprint density at radius 1 is 1.29 bits per heavy atom. The Morgan fingerprint density at radius 3 is 2.43 bits per heavy atom. The maximum absolute atomic E-state index is 12.8. The third kappa shape index (κ3) is 4.22. The van der Waals surface area contributed by atoms with Crippen molar-refractivity contribution in [1.29, 1.82) is 0 Å². The molecule has 0 aliphatic carbocycles. The molecule has 0 heterocycles. The highest BCUT2D eigenvalue weighted by molar-refractivity contribution is 7.98. The summed E-state index contributed by atoms with van der Waals surface area (Å²) in [5.41, 5.74) is 8.39. The number of aryl methyl sites for hydroxylation is 2. The molecular formula is C15H26N2O2S2. The lowest BCUT2D eigenvalue weighted by Gasteiger charge is -2.25. The molecule has 4 nitrogen and oxygen atoms in total. The Labute approximate surface area is 133 Å². The van der Waals surface area contributed by atoms with E-state index in [2.05, 4.69) is 0 Å². The van der Waals surface area contributed by atoms with E-state index in [9.17, 15) is 8.42 Å². The SMILES string of the molecule is CSCCC(C)N(C)S(=O)(=O)c1cc(CN)c(C)cc1C. The number of rotatable bonds is 7. The quantitative estimate of drug-likeness (QED) is 0.834. The molecule has 0 aliphatic heterocycles. The molecular weight excluding hydrogens is 304 g/mol. The molecule has 1 aromatic rings. The van der Waals surface area contributed by atoms with Gasteiger partial charge in [0.2, 0.25) is 10.0 Å². The molecule has 0 fully saturated rings. The third-order valence-corrected chi connectivity index (χ3v) is 6.63. The molecule has 6 heteroatoms. The second-order valence-electron chi connectivity index (χ2n) is 5.40. The van der Waals surface area contributed by atoms with E-state index in [1.807, 2.05) is 33.1 Å². The maximum atomic E-state index is 12.8. The predicted octanol–water partition coefficient (Wildman–Crippen LogP) is 2.52. The molecule has 2 N–H and O–H groups in total. The standard InChI is InChI=1S/C15H26N2O2S2/c1-11-8-12(2)15(9-14(11)10-16)21(18,19)17(4)13(3)6-7-20-5/h8-9,13H,6-7,10,16H2,1-5H3. The molecule has 0 aliphatic rings. The van der Waals surface area contributed by atoms with Gasteiger partial charge in [0.15, 0.2) is 0 Å². The molecule has 120 valence electrons. The zero-order valence-corrected chi connectivity index (χ0v) is 15.1. The number of benzene rings is 1. The highest BCUT2D eigenvalue weighted by Crippen LogP contribution is 2.25. The van der Waals surface area contributed by atoms with Crippen molar-refractivity contribution in [1.82, 2.24) is 4.31 Å². The second-order valence-corrected chi connectivity index (χ2v) is 8.35. The summed E-state index contributed by atoms with van der Waals surface area (Å²) in [5, 5.41) is 0. The highest BCUT2D eigenvalue weighted by atomic mass is 32.2. The van der Waals surface area contributed by atoms with Gasteiger partial charge in [0.25, 0.3) is 0 Å². The Hall–Kier alpha value is -0.560. The van der Waals surface area contributed by atoms with Gasteiger partial charge in [-0.2, -0.15) is 16.1 Å². The van der Waals surface area contributed by atoms with Crippen LogP contribution in [-0.4, -0.2) is 37.8 Å². The van der Waals surface area contributed by atoms with Gasteiger partial charge in [-0.3, -0.25) is 0 Å². The number of nitrogens with two attached hydrogens (primary N) is 1. The van der Waals surface area contributed by atoms with Gasteiger partial charge in [-0.15, -0.1) is 0 Å². The van der Waals surface area contributed by atoms with Crippen LogP contribution in [0.15, 0.2) is 17.0 Å².